The van der Waals surface area contributed by atoms with E-state index in [2.05, 4.69) is 10.3 Å². The fourth-order valence-corrected chi connectivity index (χ4v) is 5.42. The fraction of sp³-hybridized carbons (Fsp3) is 0.125. The summed E-state index contributed by atoms with van der Waals surface area (Å²) in [7, 11) is -1.26. The number of aliphatic hydroxyl groups excluding tert-OH is 1. The van der Waals surface area contributed by atoms with Crippen molar-refractivity contribution in [3.8, 4) is 0 Å². The van der Waals surface area contributed by atoms with Crippen molar-refractivity contribution < 1.29 is 18.3 Å². The molecule has 0 saturated carbocycles. The topological polar surface area (TPSA) is 105 Å². The number of anilines is 1. The first-order valence-corrected chi connectivity index (χ1v) is 10.3. The lowest BCUT2D eigenvalue weighted by Gasteiger charge is -2.27. The zero-order valence-electron chi connectivity index (χ0n) is 14.1. The van der Waals surface area contributed by atoms with Gasteiger partial charge in [0.2, 0.25) is 0 Å². The van der Waals surface area contributed by atoms with Crippen molar-refractivity contribution in [2.24, 2.45) is 7.05 Å². The van der Waals surface area contributed by atoms with Crippen LogP contribution in [0.4, 0.5) is 5.13 Å². The summed E-state index contributed by atoms with van der Waals surface area (Å²) in [5, 5.41) is 16.0. The Labute approximate surface area is 163 Å². The Kier molecular flexibility index (Phi) is 3.95. The molecule has 11 heteroatoms. The molecule has 0 fully saturated rings. The maximum absolute atomic E-state index is 13.1. The molecule has 0 radical (unpaired) electrons. The van der Waals surface area contributed by atoms with Gasteiger partial charge in [-0.25, -0.2) is 13.4 Å². The van der Waals surface area contributed by atoms with Gasteiger partial charge in [-0.3, -0.25) is 14.4 Å². The number of nitrogens with one attached hydrogen (secondary N) is 1. The molecule has 4 rings (SSSR count). The van der Waals surface area contributed by atoms with E-state index in [1.54, 1.807) is 24.6 Å². The maximum atomic E-state index is 13.1. The van der Waals surface area contributed by atoms with Crippen LogP contribution in [-0.4, -0.2) is 40.3 Å². The number of amides is 1. The van der Waals surface area contributed by atoms with E-state index in [0.29, 0.717) is 21.1 Å². The number of thiazole rings is 1. The monoisotopic (exact) mass is 424 g/mol. The van der Waals surface area contributed by atoms with Gasteiger partial charge in [-0.05, 0) is 18.2 Å². The first-order chi connectivity index (χ1) is 12.7. The molecular weight excluding hydrogens is 412 g/mol. The number of likely N-dealkylation sites (N-methyl/N-ethyl adjacent to an activating group) is 1. The standard InChI is InChI=1S/C16H13ClN4O4S2/c1-20-10-4-3-8(17)7-9(10)14-11(20)13(22)12(21(2)27(14,24)25)15(23)19-16-18-5-6-26-16/h3-7,22H,1-2H3,(H,18,19,23). The fourth-order valence-electron chi connectivity index (χ4n) is 3.12. The average molecular weight is 425 g/mol. The summed E-state index contributed by atoms with van der Waals surface area (Å²) in [6.07, 6.45) is 1.50. The highest BCUT2D eigenvalue weighted by Crippen LogP contribution is 2.41. The van der Waals surface area contributed by atoms with Crippen LogP contribution < -0.4 is 5.32 Å². The van der Waals surface area contributed by atoms with Crippen LogP contribution in [0.25, 0.3) is 16.7 Å². The number of fused-ring (bicyclic) bond motifs is 3. The van der Waals surface area contributed by atoms with E-state index in [-0.39, 0.29) is 16.3 Å². The summed E-state index contributed by atoms with van der Waals surface area (Å²) in [6, 6.07) is 4.81. The molecule has 0 unspecified atom stereocenters. The second-order valence-corrected chi connectivity index (χ2v) is 9.10. The molecule has 3 heterocycles. The average Bonchev–Trinajstić information content (AvgIpc) is 3.20. The van der Waals surface area contributed by atoms with Gasteiger partial charge in [-0.2, -0.15) is 0 Å². The quantitative estimate of drug-likeness (QED) is 0.658. The number of aryl methyl sites for hydroxylation is 1. The minimum absolute atomic E-state index is 0.0367. The second kappa shape index (κ2) is 5.98. The van der Waals surface area contributed by atoms with Crippen LogP contribution in [0, 0.1) is 0 Å². The summed E-state index contributed by atoms with van der Waals surface area (Å²) in [6.45, 7) is 0. The Morgan fingerprint density at radius 2 is 2.07 bits per heavy atom. The number of aliphatic hydroxyl groups is 1. The smallest absolute Gasteiger partial charge is 0.278 e. The first-order valence-electron chi connectivity index (χ1n) is 7.64. The molecule has 8 nitrogen and oxygen atoms in total. The van der Waals surface area contributed by atoms with Crippen LogP contribution in [0.15, 0.2) is 40.4 Å². The van der Waals surface area contributed by atoms with Crippen LogP contribution in [0.5, 0.6) is 0 Å². The zero-order valence-corrected chi connectivity index (χ0v) is 16.5. The number of aromatic nitrogens is 2. The highest BCUT2D eigenvalue weighted by atomic mass is 35.5. The van der Waals surface area contributed by atoms with Gasteiger partial charge in [0.1, 0.15) is 10.6 Å². The van der Waals surface area contributed by atoms with E-state index >= 15 is 0 Å². The molecule has 2 N–H and O–H groups in total. The molecule has 1 aromatic carbocycles. The first kappa shape index (κ1) is 17.8. The van der Waals surface area contributed by atoms with Crippen molar-refractivity contribution in [2.75, 3.05) is 12.4 Å². The van der Waals surface area contributed by atoms with E-state index in [1.807, 2.05) is 0 Å². The van der Waals surface area contributed by atoms with Gasteiger partial charge in [0.05, 0.1) is 0 Å². The molecule has 0 atom stereocenters. The van der Waals surface area contributed by atoms with Crippen molar-refractivity contribution in [3.63, 3.8) is 0 Å². The molecule has 27 heavy (non-hydrogen) atoms. The molecule has 0 saturated heterocycles. The van der Waals surface area contributed by atoms with Crippen LogP contribution in [-0.2, 0) is 21.9 Å². The number of hydrogen-bond acceptors (Lipinski definition) is 6. The normalized spacial score (nSPS) is 15.9. The Morgan fingerprint density at radius 1 is 1.33 bits per heavy atom. The Balaban J connectivity index is 1.99. The zero-order chi connectivity index (χ0) is 19.5. The summed E-state index contributed by atoms with van der Waals surface area (Å²) < 4.78 is 28.6. The minimum Gasteiger partial charge on any atom is -0.504 e. The number of carbonyl (C=O) groups is 1. The van der Waals surface area contributed by atoms with E-state index in [9.17, 15) is 18.3 Å². The summed E-state index contributed by atoms with van der Waals surface area (Å²) in [5.41, 5.74) is 0.221. The number of benzene rings is 1. The van der Waals surface area contributed by atoms with Gasteiger partial charge < -0.3 is 9.67 Å². The second-order valence-electron chi connectivity index (χ2n) is 5.86. The lowest BCUT2D eigenvalue weighted by molar-refractivity contribution is -0.113. The molecule has 1 aliphatic heterocycles. The number of rotatable bonds is 2. The number of halogens is 1. The van der Waals surface area contributed by atoms with Crippen LogP contribution >= 0.6 is 22.9 Å². The van der Waals surface area contributed by atoms with Crippen LogP contribution in [0.2, 0.25) is 5.02 Å². The van der Waals surface area contributed by atoms with Crippen molar-refractivity contribution in [1.29, 1.82) is 0 Å². The molecule has 0 spiro atoms. The summed E-state index contributed by atoms with van der Waals surface area (Å²) in [5.74, 6) is -1.21. The van der Waals surface area contributed by atoms with Gasteiger partial charge in [-0.1, -0.05) is 11.6 Å². The molecule has 1 aliphatic rings. The number of carbonyl (C=O) groups excluding carboxylic acids is 1. The minimum atomic E-state index is -4.09. The Hall–Kier alpha value is -2.56. The van der Waals surface area contributed by atoms with E-state index < -0.39 is 21.7 Å². The molecule has 140 valence electrons. The van der Waals surface area contributed by atoms with Gasteiger partial charge in [0, 0.05) is 41.6 Å². The Bertz CT molecular complexity index is 1230. The molecule has 0 aliphatic carbocycles. The van der Waals surface area contributed by atoms with E-state index in [1.165, 1.54) is 35.2 Å². The number of hydrogen-bond donors (Lipinski definition) is 2. The number of sulfonamides is 1. The lowest BCUT2D eigenvalue weighted by Crippen LogP contribution is -2.37. The van der Waals surface area contributed by atoms with Crippen LogP contribution in [0.3, 0.4) is 0 Å². The van der Waals surface area contributed by atoms with Crippen molar-refractivity contribution in [2.45, 2.75) is 4.90 Å². The maximum Gasteiger partial charge on any atom is 0.278 e. The van der Waals surface area contributed by atoms with Crippen molar-refractivity contribution >= 4 is 60.7 Å². The van der Waals surface area contributed by atoms with Crippen molar-refractivity contribution in [3.05, 3.63) is 46.2 Å². The molecular formula is C16H13ClN4O4S2. The number of nitrogens with zero attached hydrogens (tertiary/aromatic N) is 3. The molecule has 1 amide bonds. The van der Waals surface area contributed by atoms with E-state index in [0.717, 1.165) is 4.31 Å². The molecule has 2 aromatic heterocycles. The van der Waals surface area contributed by atoms with Gasteiger partial charge in [0.15, 0.2) is 16.6 Å². The summed E-state index contributed by atoms with van der Waals surface area (Å²) >= 11 is 7.21. The van der Waals surface area contributed by atoms with E-state index in [4.69, 9.17) is 11.6 Å². The predicted molar refractivity (Wildman–Crippen MR) is 103 cm³/mol. The van der Waals surface area contributed by atoms with Gasteiger partial charge in [-0.15, -0.1) is 11.3 Å². The SMILES string of the molecule is CN1C(C(=O)Nc2nccs2)=C(O)c2c(c3cc(Cl)ccc3n2C)S1(=O)=O. The largest absolute Gasteiger partial charge is 0.504 e. The lowest BCUT2D eigenvalue weighted by atomic mass is 10.2. The van der Waals surface area contributed by atoms with Crippen LogP contribution in [0.1, 0.15) is 5.69 Å². The van der Waals surface area contributed by atoms with Gasteiger partial charge >= 0.3 is 0 Å². The highest BCUT2D eigenvalue weighted by molar-refractivity contribution is 7.89. The van der Waals surface area contributed by atoms with Crippen molar-refractivity contribution in [1.82, 2.24) is 13.9 Å². The molecule has 3 aromatic rings. The molecule has 0 bridgehead atoms. The third kappa shape index (κ3) is 2.52. The Morgan fingerprint density at radius 3 is 2.74 bits per heavy atom. The summed E-state index contributed by atoms with van der Waals surface area (Å²) in [4.78, 5) is 16.5. The third-order valence-corrected chi connectivity index (χ3v) is 7.12. The predicted octanol–water partition coefficient (Wildman–Crippen LogP) is 2.79. The van der Waals surface area contributed by atoms with Gasteiger partial charge in [0.25, 0.3) is 15.9 Å². The highest BCUT2D eigenvalue weighted by Gasteiger charge is 2.42. The third-order valence-electron chi connectivity index (χ3n) is 4.36.